The lowest BCUT2D eigenvalue weighted by Crippen LogP contribution is -2.12. The van der Waals surface area contributed by atoms with Gasteiger partial charge in [0.05, 0.1) is 5.33 Å². The van der Waals surface area contributed by atoms with Crippen LogP contribution in [0.1, 0.15) is 21.5 Å². The largest absolute Gasteiger partial charge is 0.348 e. The predicted molar refractivity (Wildman–Crippen MR) is 58.3 cm³/mol. The number of halogens is 1. The van der Waals surface area contributed by atoms with Crippen molar-refractivity contribution in [3.05, 3.63) is 34.9 Å². The molecule has 0 saturated carbocycles. The molecule has 0 aromatic heterocycles. The van der Waals surface area contributed by atoms with Crippen LogP contribution in [-0.4, -0.2) is 11.2 Å². The first kappa shape index (κ1) is 9.29. The minimum absolute atomic E-state index is 0.0139. The molecule has 1 heterocycles. The Balaban J connectivity index is 2.37. The molecule has 1 aliphatic heterocycles. The molecule has 14 heavy (non-hydrogen) atoms. The van der Waals surface area contributed by atoms with E-state index in [1.807, 2.05) is 18.2 Å². The third-order valence-corrected chi connectivity index (χ3v) is 2.37. The molecule has 0 radical (unpaired) electrons. The van der Waals surface area contributed by atoms with Crippen molar-refractivity contribution in [1.29, 1.82) is 0 Å². The molecule has 0 aliphatic carbocycles. The molecule has 0 unspecified atom stereocenters. The Morgan fingerprint density at radius 3 is 3.14 bits per heavy atom. The summed E-state index contributed by atoms with van der Waals surface area (Å²) in [6.07, 6.45) is 0. The summed E-state index contributed by atoms with van der Waals surface area (Å²) in [5.41, 5.74) is 2.77. The smallest absolute Gasteiger partial charge is 0.251 e. The number of nitrogens with one attached hydrogen (secondary N) is 1. The average Bonchev–Trinajstić information content (AvgIpc) is 2.57. The molecule has 2 rings (SSSR count). The lowest BCUT2D eigenvalue weighted by atomic mass is 10.1. The van der Waals surface area contributed by atoms with Crippen molar-refractivity contribution in [3.8, 4) is 11.8 Å². The Morgan fingerprint density at radius 2 is 2.36 bits per heavy atom. The maximum absolute atomic E-state index is 11.2. The van der Waals surface area contributed by atoms with Crippen molar-refractivity contribution in [2.75, 3.05) is 5.33 Å². The van der Waals surface area contributed by atoms with Gasteiger partial charge in [0.2, 0.25) is 0 Å². The number of hydrogen-bond acceptors (Lipinski definition) is 1. The molecule has 0 bridgehead atoms. The van der Waals surface area contributed by atoms with Crippen molar-refractivity contribution in [3.63, 3.8) is 0 Å². The Hall–Kier alpha value is -1.27. The van der Waals surface area contributed by atoms with Gasteiger partial charge in [-0.05, 0) is 23.8 Å². The number of benzene rings is 1. The summed E-state index contributed by atoms with van der Waals surface area (Å²) >= 11 is 3.24. The summed E-state index contributed by atoms with van der Waals surface area (Å²) in [5.74, 6) is 5.95. The zero-order valence-electron chi connectivity index (χ0n) is 7.43. The first-order chi connectivity index (χ1) is 6.81. The van der Waals surface area contributed by atoms with Crippen molar-refractivity contribution >= 4 is 21.8 Å². The third-order valence-electron chi connectivity index (χ3n) is 2.09. The fourth-order valence-corrected chi connectivity index (χ4v) is 1.59. The topological polar surface area (TPSA) is 29.1 Å². The highest BCUT2D eigenvalue weighted by Gasteiger charge is 2.17. The molecule has 0 spiro atoms. The molecule has 0 saturated heterocycles. The van der Waals surface area contributed by atoms with Gasteiger partial charge in [0.15, 0.2) is 0 Å². The second-order valence-electron chi connectivity index (χ2n) is 2.99. The Morgan fingerprint density at radius 1 is 1.50 bits per heavy atom. The second kappa shape index (κ2) is 3.85. The SMILES string of the molecule is O=C1NCc2cc(C#CCBr)ccc21. The van der Waals surface area contributed by atoms with E-state index in [2.05, 4.69) is 33.1 Å². The van der Waals surface area contributed by atoms with Crippen LogP contribution in [0.5, 0.6) is 0 Å². The zero-order chi connectivity index (χ0) is 9.97. The van der Waals surface area contributed by atoms with Crippen LogP contribution in [-0.2, 0) is 6.54 Å². The van der Waals surface area contributed by atoms with E-state index in [0.717, 1.165) is 16.7 Å². The zero-order valence-corrected chi connectivity index (χ0v) is 9.02. The molecule has 2 nitrogen and oxygen atoms in total. The molecule has 1 amide bonds. The van der Waals surface area contributed by atoms with Gasteiger partial charge in [0, 0.05) is 17.7 Å². The minimum atomic E-state index is 0.0139. The summed E-state index contributed by atoms with van der Waals surface area (Å²) in [6.45, 7) is 0.623. The number of hydrogen-bond donors (Lipinski definition) is 1. The van der Waals surface area contributed by atoms with E-state index in [1.165, 1.54) is 0 Å². The van der Waals surface area contributed by atoms with Crippen LogP contribution in [0.25, 0.3) is 0 Å². The van der Waals surface area contributed by atoms with E-state index < -0.39 is 0 Å². The number of fused-ring (bicyclic) bond motifs is 1. The fourth-order valence-electron chi connectivity index (χ4n) is 1.45. The van der Waals surface area contributed by atoms with Crippen molar-refractivity contribution in [2.45, 2.75) is 6.54 Å². The number of carbonyl (C=O) groups is 1. The van der Waals surface area contributed by atoms with Crippen molar-refractivity contribution in [2.24, 2.45) is 0 Å². The summed E-state index contributed by atoms with van der Waals surface area (Å²) in [4.78, 5) is 11.2. The van der Waals surface area contributed by atoms with Crippen LogP contribution < -0.4 is 5.32 Å². The molecular weight excluding hydrogens is 242 g/mol. The molecule has 1 aromatic carbocycles. The van der Waals surface area contributed by atoms with Crippen LogP contribution in [0.2, 0.25) is 0 Å². The molecule has 1 aromatic rings. The molecule has 0 atom stereocenters. The summed E-state index contributed by atoms with van der Waals surface area (Å²) < 4.78 is 0. The van der Waals surface area contributed by atoms with Crippen molar-refractivity contribution in [1.82, 2.24) is 5.32 Å². The van der Waals surface area contributed by atoms with Crippen LogP contribution in [0.15, 0.2) is 18.2 Å². The van der Waals surface area contributed by atoms with Gasteiger partial charge in [-0.3, -0.25) is 4.79 Å². The molecule has 1 N–H and O–H groups in total. The monoisotopic (exact) mass is 249 g/mol. The first-order valence-electron chi connectivity index (χ1n) is 4.27. The van der Waals surface area contributed by atoms with E-state index >= 15 is 0 Å². The van der Waals surface area contributed by atoms with Gasteiger partial charge >= 0.3 is 0 Å². The van der Waals surface area contributed by atoms with Gasteiger partial charge < -0.3 is 5.32 Å². The summed E-state index contributed by atoms with van der Waals surface area (Å²) in [5, 5.41) is 3.44. The molecule has 3 heteroatoms. The van der Waals surface area contributed by atoms with Crippen LogP contribution in [0.4, 0.5) is 0 Å². The van der Waals surface area contributed by atoms with Gasteiger partial charge in [-0.15, -0.1) is 0 Å². The fraction of sp³-hybridized carbons (Fsp3) is 0.182. The van der Waals surface area contributed by atoms with Crippen LogP contribution in [0, 0.1) is 11.8 Å². The standard InChI is InChI=1S/C11H8BrNO/c12-5-1-2-8-3-4-10-9(6-8)7-13-11(10)14/h3-4,6H,5,7H2,(H,13,14). The van der Waals surface area contributed by atoms with E-state index in [1.54, 1.807) is 0 Å². The normalized spacial score (nSPS) is 12.8. The van der Waals surface area contributed by atoms with E-state index in [4.69, 9.17) is 0 Å². The Labute approximate surface area is 90.8 Å². The Bertz CT molecular complexity index is 442. The molecule has 70 valence electrons. The lowest BCUT2D eigenvalue weighted by molar-refractivity contribution is 0.0966. The molecular formula is C11H8BrNO. The predicted octanol–water partition coefficient (Wildman–Crippen LogP) is 1.68. The lowest BCUT2D eigenvalue weighted by Gasteiger charge is -1.95. The van der Waals surface area contributed by atoms with Gasteiger partial charge in [-0.25, -0.2) is 0 Å². The number of alkyl halides is 1. The van der Waals surface area contributed by atoms with Gasteiger partial charge in [-0.2, -0.15) is 0 Å². The van der Waals surface area contributed by atoms with E-state index in [-0.39, 0.29) is 5.91 Å². The summed E-state index contributed by atoms with van der Waals surface area (Å²) in [7, 11) is 0. The molecule has 1 aliphatic rings. The van der Waals surface area contributed by atoms with Gasteiger partial charge in [0.25, 0.3) is 5.91 Å². The quantitative estimate of drug-likeness (QED) is 0.550. The van der Waals surface area contributed by atoms with Crippen LogP contribution >= 0.6 is 15.9 Å². The number of carbonyl (C=O) groups excluding carboxylic acids is 1. The minimum Gasteiger partial charge on any atom is -0.348 e. The Kier molecular flexibility index (Phi) is 2.55. The summed E-state index contributed by atoms with van der Waals surface area (Å²) in [6, 6.07) is 5.66. The highest BCUT2D eigenvalue weighted by Crippen LogP contribution is 2.16. The van der Waals surface area contributed by atoms with E-state index in [0.29, 0.717) is 11.9 Å². The molecule has 0 fully saturated rings. The van der Waals surface area contributed by atoms with Crippen molar-refractivity contribution < 1.29 is 4.79 Å². The first-order valence-corrected chi connectivity index (χ1v) is 5.39. The number of amides is 1. The van der Waals surface area contributed by atoms with E-state index in [9.17, 15) is 4.79 Å². The maximum atomic E-state index is 11.2. The second-order valence-corrected chi connectivity index (χ2v) is 3.55. The average molecular weight is 250 g/mol. The highest BCUT2D eigenvalue weighted by atomic mass is 79.9. The highest BCUT2D eigenvalue weighted by molar-refractivity contribution is 9.09. The third kappa shape index (κ3) is 1.66. The van der Waals surface area contributed by atoms with Gasteiger partial charge in [0.1, 0.15) is 0 Å². The van der Waals surface area contributed by atoms with Gasteiger partial charge in [-0.1, -0.05) is 27.8 Å². The maximum Gasteiger partial charge on any atom is 0.251 e. The number of rotatable bonds is 0. The van der Waals surface area contributed by atoms with Crippen LogP contribution in [0.3, 0.4) is 0 Å².